The Morgan fingerprint density at radius 3 is 3.12 bits per heavy atom. The predicted molar refractivity (Wildman–Crippen MR) is 62.4 cm³/mol. The van der Waals surface area contributed by atoms with Gasteiger partial charge in [0.15, 0.2) is 0 Å². The molecule has 1 fully saturated rings. The third kappa shape index (κ3) is 2.56. The van der Waals surface area contributed by atoms with Gasteiger partial charge in [-0.25, -0.2) is 0 Å². The molecule has 1 aliphatic heterocycles. The lowest BCUT2D eigenvalue weighted by Gasteiger charge is -2.18. The number of rotatable bonds is 4. The predicted octanol–water partition coefficient (Wildman–Crippen LogP) is 1.54. The van der Waals surface area contributed by atoms with E-state index in [1.165, 1.54) is 0 Å². The summed E-state index contributed by atoms with van der Waals surface area (Å²) in [5.74, 6) is 3.29. The molecule has 1 saturated heterocycles. The molecule has 16 heavy (non-hydrogen) atoms. The SMILES string of the molecule is CCC(NC)c1nc(C2CSCCO2)no1. The van der Waals surface area contributed by atoms with Crippen molar-refractivity contribution in [2.75, 3.05) is 25.2 Å². The number of hydrogen-bond donors (Lipinski definition) is 1. The Morgan fingerprint density at radius 1 is 1.62 bits per heavy atom. The average Bonchev–Trinajstić information content (AvgIpc) is 2.81. The first-order valence-corrected chi connectivity index (χ1v) is 6.70. The summed E-state index contributed by atoms with van der Waals surface area (Å²) in [7, 11) is 1.89. The van der Waals surface area contributed by atoms with Crippen molar-refractivity contribution in [2.45, 2.75) is 25.5 Å². The quantitative estimate of drug-likeness (QED) is 0.865. The molecule has 2 heterocycles. The summed E-state index contributed by atoms with van der Waals surface area (Å²) in [4.78, 5) is 4.40. The maximum Gasteiger partial charge on any atom is 0.243 e. The summed E-state index contributed by atoms with van der Waals surface area (Å²) in [6.45, 7) is 2.85. The molecule has 0 aromatic carbocycles. The third-order valence-corrected chi connectivity index (χ3v) is 3.61. The van der Waals surface area contributed by atoms with Crippen LogP contribution in [0.3, 0.4) is 0 Å². The fourth-order valence-corrected chi connectivity index (χ4v) is 2.50. The van der Waals surface area contributed by atoms with E-state index in [0.717, 1.165) is 24.5 Å². The summed E-state index contributed by atoms with van der Waals surface area (Å²) in [6, 6.07) is 0.137. The van der Waals surface area contributed by atoms with Crippen LogP contribution in [0.2, 0.25) is 0 Å². The smallest absolute Gasteiger partial charge is 0.243 e. The van der Waals surface area contributed by atoms with E-state index in [1.54, 1.807) is 0 Å². The molecule has 1 aromatic rings. The van der Waals surface area contributed by atoms with E-state index in [4.69, 9.17) is 9.26 Å². The summed E-state index contributed by atoms with van der Waals surface area (Å²) in [5, 5.41) is 7.13. The molecule has 1 aliphatic rings. The molecule has 0 spiro atoms. The minimum Gasteiger partial charge on any atom is -0.368 e. The fourth-order valence-electron chi connectivity index (χ4n) is 1.66. The zero-order valence-corrected chi connectivity index (χ0v) is 10.4. The van der Waals surface area contributed by atoms with Gasteiger partial charge in [0, 0.05) is 11.5 Å². The lowest BCUT2D eigenvalue weighted by molar-refractivity contribution is 0.0677. The van der Waals surface area contributed by atoms with Crippen LogP contribution in [0.5, 0.6) is 0 Å². The van der Waals surface area contributed by atoms with Crippen LogP contribution in [0.15, 0.2) is 4.52 Å². The zero-order valence-electron chi connectivity index (χ0n) is 9.60. The Morgan fingerprint density at radius 2 is 2.50 bits per heavy atom. The second-order valence-corrected chi connectivity index (χ2v) is 4.82. The molecule has 1 N–H and O–H groups in total. The molecule has 2 rings (SSSR count). The Bertz CT molecular complexity index is 322. The monoisotopic (exact) mass is 243 g/mol. The first kappa shape index (κ1) is 11.9. The van der Waals surface area contributed by atoms with Gasteiger partial charge >= 0.3 is 0 Å². The van der Waals surface area contributed by atoms with Gasteiger partial charge < -0.3 is 14.6 Å². The van der Waals surface area contributed by atoms with Crippen molar-refractivity contribution in [3.63, 3.8) is 0 Å². The van der Waals surface area contributed by atoms with Crippen LogP contribution >= 0.6 is 11.8 Å². The van der Waals surface area contributed by atoms with Gasteiger partial charge in [-0.2, -0.15) is 16.7 Å². The maximum atomic E-state index is 5.60. The Hall–Kier alpha value is -0.590. The van der Waals surface area contributed by atoms with Crippen LogP contribution < -0.4 is 5.32 Å². The van der Waals surface area contributed by atoms with Crippen LogP contribution in [0.1, 0.15) is 37.2 Å². The maximum absolute atomic E-state index is 5.60. The lowest BCUT2D eigenvalue weighted by atomic mass is 10.2. The number of aromatic nitrogens is 2. The van der Waals surface area contributed by atoms with Gasteiger partial charge in [-0.05, 0) is 13.5 Å². The van der Waals surface area contributed by atoms with Gasteiger partial charge in [0.25, 0.3) is 0 Å². The van der Waals surface area contributed by atoms with E-state index in [9.17, 15) is 0 Å². The van der Waals surface area contributed by atoms with Gasteiger partial charge in [-0.3, -0.25) is 0 Å². The number of thioether (sulfide) groups is 1. The van der Waals surface area contributed by atoms with E-state index < -0.39 is 0 Å². The fraction of sp³-hybridized carbons (Fsp3) is 0.800. The molecule has 2 unspecified atom stereocenters. The van der Waals surface area contributed by atoms with E-state index in [0.29, 0.717) is 11.7 Å². The number of ether oxygens (including phenoxy) is 1. The molecule has 0 aliphatic carbocycles. The number of nitrogens with one attached hydrogen (secondary N) is 1. The summed E-state index contributed by atoms with van der Waals surface area (Å²) < 4.78 is 10.8. The number of nitrogens with zero attached hydrogens (tertiary/aromatic N) is 2. The Labute approximate surface area is 99.3 Å². The van der Waals surface area contributed by atoms with Crippen molar-refractivity contribution < 1.29 is 9.26 Å². The van der Waals surface area contributed by atoms with Crippen molar-refractivity contribution in [2.24, 2.45) is 0 Å². The van der Waals surface area contributed by atoms with Crippen LogP contribution in [0.4, 0.5) is 0 Å². The van der Waals surface area contributed by atoms with Crippen LogP contribution in [0.25, 0.3) is 0 Å². The van der Waals surface area contributed by atoms with E-state index >= 15 is 0 Å². The molecule has 6 heteroatoms. The molecular formula is C10H17N3O2S. The Kier molecular flexibility index (Phi) is 4.20. The summed E-state index contributed by atoms with van der Waals surface area (Å²) in [5.41, 5.74) is 0. The molecule has 0 bridgehead atoms. The summed E-state index contributed by atoms with van der Waals surface area (Å²) >= 11 is 1.86. The summed E-state index contributed by atoms with van der Waals surface area (Å²) in [6.07, 6.45) is 0.920. The minimum atomic E-state index is -0.00869. The molecule has 0 saturated carbocycles. The van der Waals surface area contributed by atoms with E-state index in [2.05, 4.69) is 22.4 Å². The van der Waals surface area contributed by atoms with Crippen molar-refractivity contribution >= 4 is 11.8 Å². The Balaban J connectivity index is 2.05. The normalized spacial score (nSPS) is 23.2. The minimum absolute atomic E-state index is 0.00869. The van der Waals surface area contributed by atoms with Crippen molar-refractivity contribution in [3.05, 3.63) is 11.7 Å². The van der Waals surface area contributed by atoms with Gasteiger partial charge in [-0.15, -0.1) is 0 Å². The molecule has 5 nitrogen and oxygen atoms in total. The van der Waals surface area contributed by atoms with Crippen LogP contribution in [0, 0.1) is 0 Å². The highest BCUT2D eigenvalue weighted by Gasteiger charge is 2.23. The molecule has 0 radical (unpaired) electrons. The average molecular weight is 243 g/mol. The molecule has 0 amide bonds. The second-order valence-electron chi connectivity index (χ2n) is 3.67. The topological polar surface area (TPSA) is 60.2 Å². The zero-order chi connectivity index (χ0) is 11.4. The van der Waals surface area contributed by atoms with Gasteiger partial charge in [0.2, 0.25) is 11.7 Å². The molecule has 90 valence electrons. The van der Waals surface area contributed by atoms with E-state index in [-0.39, 0.29) is 12.1 Å². The first-order valence-electron chi connectivity index (χ1n) is 5.55. The van der Waals surface area contributed by atoms with Gasteiger partial charge in [0.1, 0.15) is 6.10 Å². The number of hydrogen-bond acceptors (Lipinski definition) is 6. The van der Waals surface area contributed by atoms with E-state index in [1.807, 2.05) is 18.8 Å². The lowest BCUT2D eigenvalue weighted by Crippen LogP contribution is -2.18. The highest BCUT2D eigenvalue weighted by molar-refractivity contribution is 7.99. The van der Waals surface area contributed by atoms with Crippen molar-refractivity contribution in [3.8, 4) is 0 Å². The highest BCUT2D eigenvalue weighted by atomic mass is 32.2. The molecule has 2 atom stereocenters. The van der Waals surface area contributed by atoms with Crippen LogP contribution in [-0.4, -0.2) is 35.3 Å². The van der Waals surface area contributed by atoms with Gasteiger partial charge in [-0.1, -0.05) is 12.1 Å². The van der Waals surface area contributed by atoms with Crippen molar-refractivity contribution in [1.29, 1.82) is 0 Å². The first-order chi connectivity index (χ1) is 7.85. The van der Waals surface area contributed by atoms with Crippen molar-refractivity contribution in [1.82, 2.24) is 15.5 Å². The van der Waals surface area contributed by atoms with Crippen LogP contribution in [-0.2, 0) is 4.74 Å². The third-order valence-electron chi connectivity index (χ3n) is 2.62. The largest absolute Gasteiger partial charge is 0.368 e. The standard InChI is InChI=1S/C10H17N3O2S/c1-3-7(11-2)10-12-9(13-15-10)8-6-16-5-4-14-8/h7-8,11H,3-6H2,1-2H3. The molecular weight excluding hydrogens is 226 g/mol. The highest BCUT2D eigenvalue weighted by Crippen LogP contribution is 2.25. The van der Waals surface area contributed by atoms with Gasteiger partial charge in [0.05, 0.1) is 12.6 Å². The second kappa shape index (κ2) is 5.65. The molecule has 1 aromatic heterocycles.